The number of ether oxygens (including phenoxy) is 1. The van der Waals surface area contributed by atoms with Crippen LogP contribution in [0.2, 0.25) is 0 Å². The standard InChI is InChI=1S/C28H40N4O5S/c1-26(2,3)15-24-29-20-13-19(11-12-21(20)32(24)16-18-9-10-18)38(34,35)28(6,7)25(33)30-23-14-22(37-31-23)27(4,5)17-36-8/h11-14,18H,9-10,15-17H2,1-8H3,(H,30,31,33). The van der Waals surface area contributed by atoms with E-state index < -0.39 is 25.9 Å². The van der Waals surface area contributed by atoms with Gasteiger partial charge in [0, 0.05) is 31.6 Å². The van der Waals surface area contributed by atoms with E-state index in [9.17, 15) is 13.2 Å². The summed E-state index contributed by atoms with van der Waals surface area (Å²) in [5.74, 6) is 1.58. The SMILES string of the molecule is COCC(C)(C)c1cc(NC(=O)C(C)(C)S(=O)(=O)c2ccc3c(c2)nc(CC(C)(C)C)n3CC2CC2)no1. The molecular formula is C28H40N4O5S. The van der Waals surface area contributed by atoms with Crippen LogP contribution in [0, 0.1) is 11.3 Å². The minimum atomic E-state index is -4.07. The summed E-state index contributed by atoms with van der Waals surface area (Å²) < 4.78 is 38.5. The molecule has 1 aliphatic rings. The topological polar surface area (TPSA) is 116 Å². The normalized spacial score (nSPS) is 15.3. The van der Waals surface area contributed by atoms with Crippen LogP contribution in [0.5, 0.6) is 0 Å². The number of amides is 1. The Bertz CT molecular complexity index is 1440. The predicted octanol–water partition coefficient (Wildman–Crippen LogP) is 5.14. The molecule has 0 bridgehead atoms. The number of methoxy groups -OCH3 is 1. The van der Waals surface area contributed by atoms with Crippen molar-refractivity contribution in [3.05, 3.63) is 35.9 Å². The second kappa shape index (κ2) is 9.79. The summed E-state index contributed by atoms with van der Waals surface area (Å²) in [7, 11) is -2.48. The first-order valence-electron chi connectivity index (χ1n) is 13.1. The average molecular weight is 545 g/mol. The van der Waals surface area contributed by atoms with Crippen LogP contribution in [0.4, 0.5) is 5.82 Å². The van der Waals surface area contributed by atoms with Crippen molar-refractivity contribution in [3.8, 4) is 0 Å². The van der Waals surface area contributed by atoms with E-state index in [0.29, 0.717) is 23.8 Å². The van der Waals surface area contributed by atoms with E-state index in [2.05, 4.69) is 35.8 Å². The Labute approximate surface area is 225 Å². The van der Waals surface area contributed by atoms with Crippen LogP contribution in [0.1, 0.15) is 72.9 Å². The molecule has 1 aliphatic carbocycles. The summed E-state index contributed by atoms with van der Waals surface area (Å²) in [5.41, 5.74) is 1.13. The quantitative estimate of drug-likeness (QED) is 0.376. The Kier molecular flexibility index (Phi) is 7.29. The summed E-state index contributed by atoms with van der Waals surface area (Å²) >= 11 is 0. The molecule has 9 nitrogen and oxygen atoms in total. The molecule has 0 saturated heterocycles. The van der Waals surface area contributed by atoms with Crippen LogP contribution in [-0.2, 0) is 37.7 Å². The molecule has 2 aromatic heterocycles. The van der Waals surface area contributed by atoms with Crippen LogP contribution < -0.4 is 5.32 Å². The van der Waals surface area contributed by atoms with Gasteiger partial charge in [0.1, 0.15) is 16.3 Å². The van der Waals surface area contributed by atoms with E-state index in [4.69, 9.17) is 14.2 Å². The van der Waals surface area contributed by atoms with Crippen LogP contribution in [0.25, 0.3) is 11.0 Å². The maximum atomic E-state index is 13.7. The highest BCUT2D eigenvalue weighted by Gasteiger charge is 2.43. The average Bonchev–Trinajstić information content (AvgIpc) is 3.39. The van der Waals surface area contributed by atoms with Crippen molar-refractivity contribution < 1.29 is 22.5 Å². The third-order valence-corrected chi connectivity index (χ3v) is 9.48. The first-order chi connectivity index (χ1) is 17.5. The molecule has 0 aliphatic heterocycles. The first kappa shape index (κ1) is 28.3. The Morgan fingerprint density at radius 3 is 2.42 bits per heavy atom. The molecule has 0 radical (unpaired) electrons. The van der Waals surface area contributed by atoms with Gasteiger partial charge in [-0.15, -0.1) is 0 Å². The number of hydrogen-bond acceptors (Lipinski definition) is 7. The fourth-order valence-electron chi connectivity index (χ4n) is 4.47. The zero-order valence-electron chi connectivity index (χ0n) is 23.7. The van der Waals surface area contributed by atoms with Gasteiger partial charge in [0.05, 0.1) is 22.5 Å². The predicted molar refractivity (Wildman–Crippen MR) is 147 cm³/mol. The minimum Gasteiger partial charge on any atom is -0.384 e. The van der Waals surface area contributed by atoms with Gasteiger partial charge in [-0.05, 0) is 56.2 Å². The Balaban J connectivity index is 1.62. The number of carbonyl (C=O) groups excluding carboxylic acids is 1. The van der Waals surface area contributed by atoms with Gasteiger partial charge in [-0.1, -0.05) is 39.8 Å². The Morgan fingerprint density at radius 1 is 1.13 bits per heavy atom. The smallest absolute Gasteiger partial charge is 0.246 e. The molecule has 3 aromatic rings. The number of hydrogen-bond donors (Lipinski definition) is 1. The van der Waals surface area contributed by atoms with E-state index in [1.807, 2.05) is 19.9 Å². The maximum Gasteiger partial charge on any atom is 0.246 e. The molecule has 208 valence electrons. The number of imidazole rings is 1. The second-order valence-electron chi connectivity index (χ2n) is 12.8. The monoisotopic (exact) mass is 544 g/mol. The Hall–Kier alpha value is -2.72. The van der Waals surface area contributed by atoms with Crippen LogP contribution in [0.3, 0.4) is 0 Å². The third kappa shape index (κ3) is 5.66. The van der Waals surface area contributed by atoms with Crippen LogP contribution in [-0.4, -0.2) is 47.5 Å². The van der Waals surface area contributed by atoms with Gasteiger partial charge in [0.25, 0.3) is 0 Å². The Morgan fingerprint density at radius 2 is 1.82 bits per heavy atom. The number of carbonyl (C=O) groups is 1. The van der Waals surface area contributed by atoms with Crippen LogP contribution >= 0.6 is 0 Å². The molecule has 2 heterocycles. The number of sulfone groups is 1. The second-order valence-corrected chi connectivity index (χ2v) is 15.3. The first-order valence-corrected chi connectivity index (χ1v) is 14.5. The largest absolute Gasteiger partial charge is 0.384 e. The van der Waals surface area contributed by atoms with Crippen molar-refractivity contribution in [2.45, 2.75) is 89.3 Å². The highest BCUT2D eigenvalue weighted by atomic mass is 32.2. The van der Waals surface area contributed by atoms with Crippen molar-refractivity contribution in [2.24, 2.45) is 11.3 Å². The van der Waals surface area contributed by atoms with Crippen molar-refractivity contribution in [2.75, 3.05) is 19.0 Å². The van der Waals surface area contributed by atoms with E-state index in [1.165, 1.54) is 26.7 Å². The maximum absolute atomic E-state index is 13.7. The molecule has 1 aromatic carbocycles. The lowest BCUT2D eigenvalue weighted by atomic mass is 9.91. The lowest BCUT2D eigenvalue weighted by molar-refractivity contribution is -0.117. The zero-order chi connectivity index (χ0) is 28.1. The number of aromatic nitrogens is 3. The van der Waals surface area contributed by atoms with E-state index >= 15 is 0 Å². The van der Waals surface area contributed by atoms with Crippen LogP contribution in [0.15, 0.2) is 33.7 Å². The van der Waals surface area contributed by atoms with Crippen molar-refractivity contribution in [3.63, 3.8) is 0 Å². The highest BCUT2D eigenvalue weighted by molar-refractivity contribution is 7.93. The van der Waals surface area contributed by atoms with Gasteiger partial charge in [0.2, 0.25) is 5.91 Å². The fraction of sp³-hybridized carbons (Fsp3) is 0.607. The molecule has 1 N–H and O–H groups in total. The zero-order valence-corrected chi connectivity index (χ0v) is 24.5. The molecule has 1 saturated carbocycles. The lowest BCUT2D eigenvalue weighted by Crippen LogP contribution is -2.44. The van der Waals surface area contributed by atoms with Gasteiger partial charge in [0.15, 0.2) is 15.7 Å². The summed E-state index contributed by atoms with van der Waals surface area (Å²) in [4.78, 5) is 18.1. The molecule has 0 atom stereocenters. The molecule has 10 heteroatoms. The summed E-state index contributed by atoms with van der Waals surface area (Å²) in [6.07, 6.45) is 3.20. The molecule has 1 amide bonds. The molecule has 1 fully saturated rings. The number of anilines is 1. The van der Waals surface area contributed by atoms with Gasteiger partial charge in [-0.3, -0.25) is 4.79 Å². The number of benzene rings is 1. The lowest BCUT2D eigenvalue weighted by Gasteiger charge is -2.23. The molecule has 38 heavy (non-hydrogen) atoms. The van der Waals surface area contributed by atoms with Crippen molar-refractivity contribution in [1.29, 1.82) is 0 Å². The van der Waals surface area contributed by atoms with Crippen molar-refractivity contribution in [1.82, 2.24) is 14.7 Å². The number of fused-ring (bicyclic) bond motifs is 1. The van der Waals surface area contributed by atoms with Gasteiger partial charge >= 0.3 is 0 Å². The van der Waals surface area contributed by atoms with E-state index in [0.717, 1.165) is 24.3 Å². The van der Waals surface area contributed by atoms with E-state index in [1.54, 1.807) is 25.3 Å². The number of nitrogens with one attached hydrogen (secondary N) is 1. The summed E-state index contributed by atoms with van der Waals surface area (Å²) in [6.45, 7) is 14.4. The molecule has 0 unspecified atom stereocenters. The van der Waals surface area contributed by atoms with Crippen molar-refractivity contribution >= 4 is 32.6 Å². The molecular weight excluding hydrogens is 504 g/mol. The summed E-state index contributed by atoms with van der Waals surface area (Å²) in [6, 6.07) is 6.59. The molecule has 4 rings (SSSR count). The highest BCUT2D eigenvalue weighted by Crippen LogP contribution is 2.35. The minimum absolute atomic E-state index is 0.0391. The van der Waals surface area contributed by atoms with E-state index in [-0.39, 0.29) is 16.1 Å². The summed E-state index contributed by atoms with van der Waals surface area (Å²) in [5, 5.41) is 6.53. The number of nitrogens with zero attached hydrogens (tertiary/aromatic N) is 3. The fourth-order valence-corrected chi connectivity index (χ4v) is 5.87. The third-order valence-electron chi connectivity index (χ3n) is 7.08. The van der Waals surface area contributed by atoms with Gasteiger partial charge in [-0.25, -0.2) is 13.4 Å². The van der Waals surface area contributed by atoms with Gasteiger partial charge in [-0.2, -0.15) is 0 Å². The van der Waals surface area contributed by atoms with Gasteiger partial charge < -0.3 is 19.1 Å². The molecule has 0 spiro atoms. The number of rotatable bonds is 10.